The second-order valence-corrected chi connectivity index (χ2v) is 9.36. The summed E-state index contributed by atoms with van der Waals surface area (Å²) >= 11 is 0. The number of amides is 3. The van der Waals surface area contributed by atoms with Gasteiger partial charge in [-0.25, -0.2) is 9.78 Å². The molecule has 0 radical (unpaired) electrons. The van der Waals surface area contributed by atoms with Crippen molar-refractivity contribution in [2.45, 2.75) is 58.6 Å². The molecule has 34 heavy (non-hydrogen) atoms. The highest BCUT2D eigenvalue weighted by atomic mass is 16.6. The van der Waals surface area contributed by atoms with Crippen molar-refractivity contribution in [3.05, 3.63) is 47.7 Å². The van der Waals surface area contributed by atoms with Crippen molar-refractivity contribution in [2.75, 3.05) is 29.5 Å². The zero-order chi connectivity index (χ0) is 24.9. The molecule has 1 saturated heterocycles. The summed E-state index contributed by atoms with van der Waals surface area (Å²) in [5, 5.41) is 8.35. The Bertz CT molecular complexity index is 1060. The van der Waals surface area contributed by atoms with E-state index in [0.29, 0.717) is 23.6 Å². The van der Waals surface area contributed by atoms with Gasteiger partial charge in [-0.1, -0.05) is 12.1 Å². The van der Waals surface area contributed by atoms with Gasteiger partial charge in [0.05, 0.1) is 17.9 Å². The van der Waals surface area contributed by atoms with Crippen molar-refractivity contribution >= 4 is 35.1 Å². The molecule has 182 valence electrons. The number of aryl methyl sites for hydroxylation is 1. The first-order valence-electron chi connectivity index (χ1n) is 11.4. The van der Waals surface area contributed by atoms with E-state index in [0.717, 1.165) is 30.5 Å². The maximum absolute atomic E-state index is 13.1. The van der Waals surface area contributed by atoms with Gasteiger partial charge in [0, 0.05) is 19.3 Å². The lowest BCUT2D eigenvalue weighted by molar-refractivity contribution is -0.145. The molecule has 0 spiro atoms. The van der Waals surface area contributed by atoms with Crippen LogP contribution in [0.25, 0.3) is 0 Å². The molecule has 3 N–H and O–H groups in total. The second kappa shape index (κ2) is 10.5. The maximum atomic E-state index is 13.1. The smallest absolute Gasteiger partial charge is 0.413 e. The average molecular weight is 468 g/mol. The van der Waals surface area contributed by atoms with Crippen molar-refractivity contribution in [2.24, 2.45) is 0 Å². The lowest BCUT2D eigenvalue weighted by atomic mass is 9.94. The summed E-state index contributed by atoms with van der Waals surface area (Å²) in [5.41, 5.74) is 2.32. The number of aromatic nitrogens is 1. The predicted octanol–water partition coefficient (Wildman–Crippen LogP) is 4.47. The van der Waals surface area contributed by atoms with Gasteiger partial charge in [-0.2, -0.15) is 0 Å². The summed E-state index contributed by atoms with van der Waals surface area (Å²) in [7, 11) is 1.85. The quantitative estimate of drug-likeness (QED) is 0.572. The molecular formula is C25H33N5O4. The van der Waals surface area contributed by atoms with E-state index in [9.17, 15) is 14.4 Å². The van der Waals surface area contributed by atoms with Crippen LogP contribution < -0.4 is 16.0 Å². The molecule has 3 amide bonds. The SMILES string of the molecule is CNc1cccc([C@@H]2CCCCN2C(=O)C(=O)Nc2cnc(NC(=O)OC(C)(C)C)c(C)c2)c1. The number of hydrogen-bond acceptors (Lipinski definition) is 6. The van der Waals surface area contributed by atoms with E-state index < -0.39 is 23.5 Å². The zero-order valence-electron chi connectivity index (χ0n) is 20.4. The third kappa shape index (κ3) is 6.46. The monoisotopic (exact) mass is 467 g/mol. The molecule has 1 aliphatic rings. The molecule has 2 aromatic rings. The van der Waals surface area contributed by atoms with E-state index in [1.165, 1.54) is 6.20 Å². The van der Waals surface area contributed by atoms with Crippen LogP contribution in [-0.2, 0) is 14.3 Å². The number of likely N-dealkylation sites (tertiary alicyclic amines) is 1. The molecule has 0 bridgehead atoms. The maximum Gasteiger partial charge on any atom is 0.413 e. The predicted molar refractivity (Wildman–Crippen MR) is 132 cm³/mol. The van der Waals surface area contributed by atoms with Crippen LogP contribution in [0, 0.1) is 6.92 Å². The highest BCUT2D eigenvalue weighted by molar-refractivity contribution is 6.39. The van der Waals surface area contributed by atoms with E-state index in [-0.39, 0.29) is 6.04 Å². The van der Waals surface area contributed by atoms with Crippen molar-refractivity contribution in [3.8, 4) is 0 Å². The van der Waals surface area contributed by atoms with Crippen LogP contribution in [0.15, 0.2) is 36.5 Å². The van der Waals surface area contributed by atoms with Gasteiger partial charge in [0.15, 0.2) is 0 Å². The molecule has 1 aliphatic heterocycles. The average Bonchev–Trinajstić information content (AvgIpc) is 2.79. The summed E-state index contributed by atoms with van der Waals surface area (Å²) in [5.74, 6) is -0.974. The van der Waals surface area contributed by atoms with Gasteiger partial charge in [0.2, 0.25) is 0 Å². The number of nitrogens with zero attached hydrogens (tertiary/aromatic N) is 2. The minimum atomic E-state index is -0.717. The minimum absolute atomic E-state index is 0.152. The van der Waals surface area contributed by atoms with Gasteiger partial charge in [0.1, 0.15) is 11.4 Å². The van der Waals surface area contributed by atoms with Crippen LogP contribution in [-0.4, -0.2) is 47.0 Å². The highest BCUT2D eigenvalue weighted by Gasteiger charge is 2.32. The normalized spacial score (nSPS) is 15.9. The standard InChI is InChI=1S/C25H33N5O4/c1-16-13-19(15-27-21(16)29-24(33)34-25(2,3)4)28-22(31)23(32)30-12-7-6-11-20(30)17-9-8-10-18(14-17)26-5/h8-10,13-15,20,26H,6-7,11-12H2,1-5H3,(H,28,31)(H,27,29,33)/t20-/m0/s1. The number of piperidine rings is 1. The Morgan fingerprint density at radius 2 is 1.85 bits per heavy atom. The molecular weight excluding hydrogens is 434 g/mol. The number of benzene rings is 1. The second-order valence-electron chi connectivity index (χ2n) is 9.36. The Morgan fingerprint density at radius 1 is 1.09 bits per heavy atom. The summed E-state index contributed by atoms with van der Waals surface area (Å²) in [6, 6.07) is 9.40. The van der Waals surface area contributed by atoms with Crippen LogP contribution >= 0.6 is 0 Å². The molecule has 0 saturated carbocycles. The summed E-state index contributed by atoms with van der Waals surface area (Å²) in [6.07, 6.45) is 3.43. The molecule has 9 heteroatoms. The number of rotatable bonds is 4. The molecule has 0 aliphatic carbocycles. The zero-order valence-corrected chi connectivity index (χ0v) is 20.4. The molecule has 1 fully saturated rings. The number of ether oxygens (including phenoxy) is 1. The minimum Gasteiger partial charge on any atom is -0.444 e. The molecule has 9 nitrogen and oxygen atoms in total. The van der Waals surface area contributed by atoms with E-state index in [4.69, 9.17) is 4.74 Å². The van der Waals surface area contributed by atoms with Crippen LogP contribution in [0.3, 0.4) is 0 Å². The third-order valence-electron chi connectivity index (χ3n) is 5.47. The number of nitrogens with one attached hydrogen (secondary N) is 3. The largest absolute Gasteiger partial charge is 0.444 e. The summed E-state index contributed by atoms with van der Waals surface area (Å²) in [6.45, 7) is 7.58. The molecule has 3 rings (SSSR count). The highest BCUT2D eigenvalue weighted by Crippen LogP contribution is 2.32. The number of carbonyl (C=O) groups is 3. The lowest BCUT2D eigenvalue weighted by Crippen LogP contribution is -2.44. The van der Waals surface area contributed by atoms with Crippen LogP contribution in [0.1, 0.15) is 57.2 Å². The van der Waals surface area contributed by atoms with E-state index in [2.05, 4.69) is 20.9 Å². The fourth-order valence-electron chi connectivity index (χ4n) is 3.91. The Hall–Kier alpha value is -3.62. The molecule has 2 heterocycles. The van der Waals surface area contributed by atoms with E-state index >= 15 is 0 Å². The fourth-order valence-corrected chi connectivity index (χ4v) is 3.91. The Kier molecular flexibility index (Phi) is 7.75. The Balaban J connectivity index is 1.68. The van der Waals surface area contributed by atoms with Crippen LogP contribution in [0.2, 0.25) is 0 Å². The van der Waals surface area contributed by atoms with Crippen molar-refractivity contribution in [3.63, 3.8) is 0 Å². The number of pyridine rings is 1. The van der Waals surface area contributed by atoms with Gasteiger partial charge in [-0.15, -0.1) is 0 Å². The van der Waals surface area contributed by atoms with E-state index in [1.807, 2.05) is 31.3 Å². The van der Waals surface area contributed by atoms with Crippen molar-refractivity contribution < 1.29 is 19.1 Å². The summed E-state index contributed by atoms with van der Waals surface area (Å²) < 4.78 is 5.24. The van der Waals surface area contributed by atoms with Crippen LogP contribution in [0.4, 0.5) is 22.0 Å². The van der Waals surface area contributed by atoms with E-state index in [1.54, 1.807) is 38.7 Å². The van der Waals surface area contributed by atoms with Crippen LogP contribution in [0.5, 0.6) is 0 Å². The van der Waals surface area contributed by atoms with Gasteiger partial charge >= 0.3 is 17.9 Å². The fraction of sp³-hybridized carbons (Fsp3) is 0.440. The first-order chi connectivity index (χ1) is 16.1. The van der Waals surface area contributed by atoms with Crippen molar-refractivity contribution in [1.82, 2.24) is 9.88 Å². The first kappa shape index (κ1) is 25.0. The lowest BCUT2D eigenvalue weighted by Gasteiger charge is -2.35. The van der Waals surface area contributed by atoms with Gasteiger partial charge in [-0.3, -0.25) is 14.9 Å². The Labute approximate surface area is 200 Å². The molecule has 1 aromatic heterocycles. The Morgan fingerprint density at radius 3 is 2.53 bits per heavy atom. The van der Waals surface area contributed by atoms with Gasteiger partial charge < -0.3 is 20.3 Å². The third-order valence-corrected chi connectivity index (χ3v) is 5.47. The number of anilines is 3. The molecule has 1 aromatic carbocycles. The summed E-state index contributed by atoms with van der Waals surface area (Å²) in [4.78, 5) is 43.7. The number of hydrogen-bond donors (Lipinski definition) is 3. The van der Waals surface area contributed by atoms with Gasteiger partial charge in [0.25, 0.3) is 0 Å². The molecule has 1 atom stereocenters. The molecule has 0 unspecified atom stereocenters. The van der Waals surface area contributed by atoms with Crippen molar-refractivity contribution in [1.29, 1.82) is 0 Å². The van der Waals surface area contributed by atoms with Gasteiger partial charge in [-0.05, 0) is 76.3 Å². The topological polar surface area (TPSA) is 113 Å². The first-order valence-corrected chi connectivity index (χ1v) is 11.4. The number of carbonyl (C=O) groups excluding carboxylic acids is 3.